The maximum absolute atomic E-state index is 13.8. The highest BCUT2D eigenvalue weighted by molar-refractivity contribution is 7.99. The van der Waals surface area contributed by atoms with Crippen molar-refractivity contribution in [1.29, 1.82) is 5.26 Å². The summed E-state index contributed by atoms with van der Waals surface area (Å²) < 4.78 is 1.62. The number of fused-ring (bicyclic) bond motifs is 2. The van der Waals surface area contributed by atoms with Gasteiger partial charge in [-0.2, -0.15) is 9.83 Å². The number of hydrogen-bond acceptors (Lipinski definition) is 3. The molecule has 3 aromatic rings. The number of carbonyl (C=O) groups is 1. The van der Waals surface area contributed by atoms with Crippen molar-refractivity contribution in [2.24, 2.45) is 0 Å². The molecule has 5 nitrogen and oxygen atoms in total. The van der Waals surface area contributed by atoms with Crippen LogP contribution < -0.4 is 9.47 Å². The Kier molecular flexibility index (Phi) is 5.08. The van der Waals surface area contributed by atoms with Gasteiger partial charge in [-0.05, 0) is 24.3 Å². The molecule has 1 aliphatic heterocycles. The third kappa shape index (κ3) is 3.48. The number of aromatic nitrogens is 1. The minimum Gasteiger partial charge on any atom is -0.762 e. The van der Waals surface area contributed by atoms with E-state index in [4.69, 9.17) is 0 Å². The van der Waals surface area contributed by atoms with Crippen molar-refractivity contribution < 1.29 is 9.36 Å². The van der Waals surface area contributed by atoms with E-state index in [9.17, 15) is 15.5 Å². The fourth-order valence-corrected chi connectivity index (χ4v) is 4.13. The Morgan fingerprint density at radius 2 is 1.55 bits per heavy atom. The highest BCUT2D eigenvalue weighted by atomic mass is 32.2. The Morgan fingerprint density at radius 1 is 0.966 bits per heavy atom. The summed E-state index contributed by atoms with van der Waals surface area (Å²) in [5.41, 5.74) is 1.59. The van der Waals surface area contributed by atoms with E-state index in [2.05, 4.69) is 0 Å². The lowest BCUT2D eigenvalue weighted by Gasteiger charge is -2.30. The molecule has 138 valence electrons. The summed E-state index contributed by atoms with van der Waals surface area (Å²) in [5.74, 6) is 1.51. The first-order valence-electron chi connectivity index (χ1n) is 8.79. The molecule has 0 bridgehead atoms. The number of nitrogens with zero attached hydrogens (tertiary/aromatic N) is 4. The van der Waals surface area contributed by atoms with Gasteiger partial charge in [-0.25, -0.2) is 0 Å². The van der Waals surface area contributed by atoms with Gasteiger partial charge in [-0.1, -0.05) is 42.1 Å². The molecule has 1 aliphatic rings. The van der Waals surface area contributed by atoms with Gasteiger partial charge in [0.15, 0.2) is 12.4 Å². The Morgan fingerprint density at radius 3 is 2.10 bits per heavy atom. The zero-order valence-electron chi connectivity index (χ0n) is 15.2. The SMILES string of the molecule is N#CC(=C=[N-])/C=C(/C(=O)N1c2ccccc2Sc2ccccc21)[n+]1ccccc1. The lowest BCUT2D eigenvalue weighted by atomic mass is 10.1. The molecule has 0 aliphatic carbocycles. The second-order valence-corrected chi connectivity index (χ2v) is 7.21. The van der Waals surface area contributed by atoms with Gasteiger partial charge in [0.1, 0.15) is 6.07 Å². The lowest BCUT2D eigenvalue weighted by molar-refractivity contribution is -0.577. The number of allylic oxidation sites excluding steroid dienone is 2. The van der Waals surface area contributed by atoms with Crippen molar-refractivity contribution in [3.05, 3.63) is 96.2 Å². The van der Waals surface area contributed by atoms with Crippen LogP contribution in [0.25, 0.3) is 11.1 Å². The molecule has 0 spiro atoms. The van der Waals surface area contributed by atoms with E-state index in [1.807, 2.05) is 66.5 Å². The molecule has 1 aromatic heterocycles. The van der Waals surface area contributed by atoms with Crippen LogP contribution in [0, 0.1) is 11.3 Å². The minimum absolute atomic E-state index is 0.141. The van der Waals surface area contributed by atoms with E-state index in [0.717, 1.165) is 21.2 Å². The number of benzene rings is 2. The van der Waals surface area contributed by atoms with Gasteiger partial charge < -0.3 is 5.41 Å². The Bertz CT molecular complexity index is 1180. The molecule has 0 atom stereocenters. The molecule has 1 amide bonds. The monoisotopic (exact) mass is 394 g/mol. The maximum Gasteiger partial charge on any atom is 0.328 e. The van der Waals surface area contributed by atoms with Crippen molar-refractivity contribution in [1.82, 2.24) is 0 Å². The zero-order chi connectivity index (χ0) is 20.2. The average molecular weight is 394 g/mol. The van der Waals surface area contributed by atoms with E-state index in [1.165, 1.54) is 6.08 Å². The van der Waals surface area contributed by atoms with Crippen LogP contribution >= 0.6 is 11.8 Å². The second-order valence-electron chi connectivity index (χ2n) is 6.13. The predicted octanol–water partition coefficient (Wildman–Crippen LogP) is 4.33. The number of para-hydroxylation sites is 2. The van der Waals surface area contributed by atoms with Crippen molar-refractivity contribution in [2.75, 3.05) is 4.90 Å². The van der Waals surface area contributed by atoms with Crippen LogP contribution in [-0.2, 0) is 4.79 Å². The summed E-state index contributed by atoms with van der Waals surface area (Å²) in [6, 6.07) is 22.6. The van der Waals surface area contributed by atoms with Gasteiger partial charge in [0.25, 0.3) is 5.70 Å². The van der Waals surface area contributed by atoms with Crippen LogP contribution in [0.2, 0.25) is 0 Å². The van der Waals surface area contributed by atoms with Gasteiger partial charge in [0, 0.05) is 28.0 Å². The second kappa shape index (κ2) is 7.99. The van der Waals surface area contributed by atoms with E-state index >= 15 is 0 Å². The highest BCUT2D eigenvalue weighted by Crippen LogP contribution is 2.48. The smallest absolute Gasteiger partial charge is 0.328 e. The Hall–Kier alpha value is -3.91. The summed E-state index contributed by atoms with van der Waals surface area (Å²) in [7, 11) is 0. The average Bonchev–Trinajstić information content (AvgIpc) is 2.78. The van der Waals surface area contributed by atoms with Crippen LogP contribution in [-0.4, -0.2) is 11.8 Å². The topological polar surface area (TPSA) is 70.3 Å². The van der Waals surface area contributed by atoms with Gasteiger partial charge in [0.2, 0.25) is 0 Å². The molecule has 0 N–H and O–H groups in total. The largest absolute Gasteiger partial charge is 0.762 e. The van der Waals surface area contributed by atoms with E-state index in [-0.39, 0.29) is 17.2 Å². The molecule has 29 heavy (non-hydrogen) atoms. The third-order valence-electron chi connectivity index (χ3n) is 4.37. The molecule has 0 radical (unpaired) electrons. The summed E-state index contributed by atoms with van der Waals surface area (Å²) in [6.45, 7) is 0. The van der Waals surface area contributed by atoms with Gasteiger partial charge >= 0.3 is 5.91 Å². The molecule has 2 aromatic carbocycles. The Balaban J connectivity index is 1.92. The minimum atomic E-state index is -0.329. The number of anilines is 2. The number of rotatable bonds is 3. The molecule has 4 rings (SSSR count). The fraction of sp³-hybridized carbons (Fsp3) is 0. The number of nitriles is 1. The summed E-state index contributed by atoms with van der Waals surface area (Å²) in [5, 5.41) is 18.5. The number of pyridine rings is 1. The van der Waals surface area contributed by atoms with Gasteiger partial charge in [-0.15, -0.1) is 0 Å². The van der Waals surface area contributed by atoms with E-state index < -0.39 is 0 Å². The van der Waals surface area contributed by atoms with Crippen molar-refractivity contribution in [3.8, 4) is 6.07 Å². The first-order valence-corrected chi connectivity index (χ1v) is 9.60. The number of carbonyl (C=O) groups excluding carboxylic acids is 1. The van der Waals surface area contributed by atoms with Crippen LogP contribution in [0.1, 0.15) is 0 Å². The van der Waals surface area contributed by atoms with Crippen LogP contribution in [0.15, 0.2) is 101 Å². The highest BCUT2D eigenvalue weighted by Gasteiger charge is 2.34. The quantitative estimate of drug-likeness (QED) is 0.218. The zero-order valence-corrected chi connectivity index (χ0v) is 16.0. The molecular weight excluding hydrogens is 380 g/mol. The summed E-state index contributed by atoms with van der Waals surface area (Å²) in [6.07, 6.45) is 4.76. The van der Waals surface area contributed by atoms with Crippen LogP contribution in [0.4, 0.5) is 11.4 Å². The molecule has 0 saturated carbocycles. The Labute approximate surface area is 172 Å². The van der Waals surface area contributed by atoms with Gasteiger partial charge in [0.05, 0.1) is 16.9 Å². The van der Waals surface area contributed by atoms with Crippen molar-refractivity contribution in [2.45, 2.75) is 9.79 Å². The first kappa shape index (κ1) is 18.5. The first-order chi connectivity index (χ1) is 14.2. The van der Waals surface area contributed by atoms with E-state index in [0.29, 0.717) is 0 Å². The normalized spacial score (nSPS) is 12.2. The molecule has 0 saturated heterocycles. The maximum atomic E-state index is 13.8. The number of hydrogen-bond donors (Lipinski definition) is 0. The molecular formula is C23H14N4OS. The van der Waals surface area contributed by atoms with Crippen molar-refractivity contribution in [3.63, 3.8) is 0 Å². The molecule has 0 fully saturated rings. The summed E-state index contributed by atoms with van der Waals surface area (Å²) >= 11 is 1.60. The molecule has 6 heteroatoms. The van der Waals surface area contributed by atoms with E-state index in [1.54, 1.807) is 45.8 Å². The van der Waals surface area contributed by atoms with Gasteiger partial charge in [-0.3, -0.25) is 15.6 Å². The molecule has 0 unspecified atom stereocenters. The lowest BCUT2D eigenvalue weighted by Crippen LogP contribution is -2.42. The number of amides is 1. The predicted molar refractivity (Wildman–Crippen MR) is 113 cm³/mol. The fourth-order valence-electron chi connectivity index (χ4n) is 3.07. The van der Waals surface area contributed by atoms with Crippen molar-refractivity contribution >= 4 is 40.6 Å². The third-order valence-corrected chi connectivity index (χ3v) is 5.50. The van der Waals surface area contributed by atoms with Crippen LogP contribution in [0.5, 0.6) is 0 Å². The molecule has 2 heterocycles. The summed E-state index contributed by atoms with van der Waals surface area (Å²) in [4.78, 5) is 17.3. The van der Waals surface area contributed by atoms with Crippen LogP contribution in [0.3, 0.4) is 0 Å². The standard InChI is InChI=1S/C23H14N4OS/c24-15-17(16-25)14-20(26-12-6-1-7-13-26)23(28)27-18-8-2-4-10-21(18)29-22-11-5-3-9-19(22)27/h1-14H/b20-14-.